The molecule has 0 saturated heterocycles. The lowest BCUT2D eigenvalue weighted by atomic mass is 9.92. The third-order valence-corrected chi connectivity index (χ3v) is 5.57. The Labute approximate surface area is 125 Å². The Bertz CT molecular complexity index is 660. The van der Waals surface area contributed by atoms with Gasteiger partial charge in [0.15, 0.2) is 0 Å². The molecule has 0 unspecified atom stereocenters. The van der Waals surface area contributed by atoms with Gasteiger partial charge in [0, 0.05) is 23.8 Å². The van der Waals surface area contributed by atoms with E-state index in [4.69, 9.17) is 0 Å². The average Bonchev–Trinajstić information content (AvgIpc) is 3.20. The van der Waals surface area contributed by atoms with Crippen molar-refractivity contribution in [3.63, 3.8) is 0 Å². The number of rotatable bonds is 3. The minimum atomic E-state index is 0.0629. The lowest BCUT2D eigenvalue weighted by Crippen LogP contribution is -2.31. The second kappa shape index (κ2) is 5.21. The fraction of sp³-hybridized carbons (Fsp3) is 0.500. The smallest absolute Gasteiger partial charge is 0.251 e. The number of nitrogens with one attached hydrogen (secondary N) is 2. The quantitative estimate of drug-likeness (QED) is 0.885. The highest BCUT2D eigenvalue weighted by Gasteiger charge is 2.38. The second-order valence-corrected chi connectivity index (χ2v) is 6.68. The number of benzene rings is 1. The van der Waals surface area contributed by atoms with Gasteiger partial charge in [-0.25, -0.2) is 0 Å². The van der Waals surface area contributed by atoms with E-state index in [1.807, 2.05) is 30.5 Å². The van der Waals surface area contributed by atoms with Crippen molar-refractivity contribution in [3.8, 4) is 0 Å². The number of aromatic nitrogens is 1. The molecule has 2 N–H and O–H groups in total. The van der Waals surface area contributed by atoms with Gasteiger partial charge in [0.1, 0.15) is 0 Å². The van der Waals surface area contributed by atoms with E-state index < -0.39 is 0 Å². The molecule has 21 heavy (non-hydrogen) atoms. The van der Waals surface area contributed by atoms with Gasteiger partial charge in [-0.1, -0.05) is 18.9 Å². The zero-order chi connectivity index (χ0) is 14.2. The molecule has 1 aromatic heterocycles. The van der Waals surface area contributed by atoms with Crippen molar-refractivity contribution in [2.45, 2.75) is 32.1 Å². The number of hydrogen-bond donors (Lipinski definition) is 2. The second-order valence-electron chi connectivity index (χ2n) is 6.68. The van der Waals surface area contributed by atoms with Crippen LogP contribution in [0.3, 0.4) is 0 Å². The third-order valence-electron chi connectivity index (χ3n) is 5.57. The Morgan fingerprint density at radius 2 is 2.14 bits per heavy atom. The van der Waals surface area contributed by atoms with Crippen LogP contribution < -0.4 is 5.32 Å². The molecule has 2 fully saturated rings. The maximum absolute atomic E-state index is 12.3. The predicted molar refractivity (Wildman–Crippen MR) is 84.2 cm³/mol. The molecule has 110 valence electrons. The van der Waals surface area contributed by atoms with Crippen molar-refractivity contribution < 1.29 is 4.79 Å². The molecule has 1 amide bonds. The number of carbonyl (C=O) groups excluding carboxylic acids is 1. The van der Waals surface area contributed by atoms with Crippen molar-refractivity contribution in [1.82, 2.24) is 10.3 Å². The molecule has 2 aliphatic carbocycles. The molecule has 2 saturated carbocycles. The molecule has 2 aromatic rings. The molecular formula is C18H22N2O. The zero-order valence-corrected chi connectivity index (χ0v) is 12.3. The van der Waals surface area contributed by atoms with Crippen molar-refractivity contribution in [3.05, 3.63) is 36.0 Å². The summed E-state index contributed by atoms with van der Waals surface area (Å²) in [5.74, 6) is 2.59. The Kier molecular flexibility index (Phi) is 3.21. The lowest BCUT2D eigenvalue weighted by Gasteiger charge is -2.19. The van der Waals surface area contributed by atoms with Crippen LogP contribution in [0.2, 0.25) is 0 Å². The van der Waals surface area contributed by atoms with Crippen LogP contribution in [0, 0.1) is 17.8 Å². The third kappa shape index (κ3) is 2.35. The van der Waals surface area contributed by atoms with Crippen LogP contribution in [0.15, 0.2) is 30.5 Å². The Morgan fingerprint density at radius 3 is 3.10 bits per heavy atom. The van der Waals surface area contributed by atoms with Gasteiger partial charge in [0.2, 0.25) is 0 Å². The van der Waals surface area contributed by atoms with E-state index in [-0.39, 0.29) is 5.91 Å². The zero-order valence-electron chi connectivity index (χ0n) is 12.3. The summed E-state index contributed by atoms with van der Waals surface area (Å²) in [5.41, 5.74) is 1.78. The molecule has 0 bridgehead atoms. The van der Waals surface area contributed by atoms with Crippen LogP contribution in [0.25, 0.3) is 10.9 Å². The Hall–Kier alpha value is -1.77. The molecular weight excluding hydrogens is 260 g/mol. The van der Waals surface area contributed by atoms with Gasteiger partial charge in [-0.15, -0.1) is 0 Å². The molecule has 3 nitrogen and oxygen atoms in total. The van der Waals surface area contributed by atoms with Gasteiger partial charge in [0.05, 0.1) is 0 Å². The van der Waals surface area contributed by atoms with E-state index in [9.17, 15) is 4.79 Å². The Balaban J connectivity index is 1.41. The summed E-state index contributed by atoms with van der Waals surface area (Å²) in [6, 6.07) is 7.88. The van der Waals surface area contributed by atoms with Gasteiger partial charge >= 0.3 is 0 Å². The molecule has 1 aromatic carbocycles. The number of fused-ring (bicyclic) bond motifs is 2. The SMILES string of the molecule is O=C(NC[C@H]1CC[C@@H]2CCC[C@@H]21)c1ccc2cc[nH]c2c1. The van der Waals surface area contributed by atoms with Crippen LogP contribution in [0.5, 0.6) is 0 Å². The lowest BCUT2D eigenvalue weighted by molar-refractivity contribution is 0.0943. The Morgan fingerprint density at radius 1 is 1.19 bits per heavy atom. The highest BCUT2D eigenvalue weighted by atomic mass is 16.1. The van der Waals surface area contributed by atoms with E-state index in [0.717, 1.165) is 34.8 Å². The van der Waals surface area contributed by atoms with Gasteiger partial charge in [-0.2, -0.15) is 0 Å². The first-order valence-electron chi connectivity index (χ1n) is 8.16. The van der Waals surface area contributed by atoms with Crippen molar-refractivity contribution in [2.75, 3.05) is 6.54 Å². The summed E-state index contributed by atoms with van der Waals surface area (Å²) in [5, 5.41) is 4.31. The maximum atomic E-state index is 12.3. The first-order chi connectivity index (χ1) is 10.3. The molecule has 4 rings (SSSR count). The minimum Gasteiger partial charge on any atom is -0.361 e. The minimum absolute atomic E-state index is 0.0629. The van der Waals surface area contributed by atoms with Gasteiger partial charge < -0.3 is 10.3 Å². The van der Waals surface area contributed by atoms with Crippen LogP contribution in [0.1, 0.15) is 42.5 Å². The number of hydrogen-bond acceptors (Lipinski definition) is 1. The van der Waals surface area contributed by atoms with Gasteiger partial charge in [-0.05, 0) is 60.6 Å². The van der Waals surface area contributed by atoms with E-state index >= 15 is 0 Å². The number of H-pyrrole nitrogens is 1. The van der Waals surface area contributed by atoms with Crippen LogP contribution in [0.4, 0.5) is 0 Å². The van der Waals surface area contributed by atoms with E-state index in [2.05, 4.69) is 10.3 Å². The normalized spacial score (nSPS) is 27.9. The van der Waals surface area contributed by atoms with Crippen LogP contribution in [-0.4, -0.2) is 17.4 Å². The summed E-state index contributed by atoms with van der Waals surface area (Å²) >= 11 is 0. The summed E-state index contributed by atoms with van der Waals surface area (Å²) in [6.07, 6.45) is 8.76. The van der Waals surface area contributed by atoms with Crippen molar-refractivity contribution in [2.24, 2.45) is 17.8 Å². The number of aromatic amines is 1. The van der Waals surface area contributed by atoms with E-state index in [0.29, 0.717) is 5.92 Å². The first kappa shape index (κ1) is 12.9. The molecule has 3 atom stereocenters. The first-order valence-corrected chi connectivity index (χ1v) is 8.16. The van der Waals surface area contributed by atoms with Gasteiger partial charge in [-0.3, -0.25) is 4.79 Å². The van der Waals surface area contributed by atoms with E-state index in [1.54, 1.807) is 0 Å². The van der Waals surface area contributed by atoms with Gasteiger partial charge in [0.25, 0.3) is 5.91 Å². The van der Waals surface area contributed by atoms with E-state index in [1.165, 1.54) is 32.1 Å². The topological polar surface area (TPSA) is 44.9 Å². The highest BCUT2D eigenvalue weighted by Crippen LogP contribution is 2.47. The number of amides is 1. The number of carbonyl (C=O) groups is 1. The average molecular weight is 282 g/mol. The molecule has 0 radical (unpaired) electrons. The molecule has 3 heteroatoms. The fourth-order valence-electron chi connectivity index (χ4n) is 4.46. The highest BCUT2D eigenvalue weighted by molar-refractivity contribution is 5.97. The fourth-order valence-corrected chi connectivity index (χ4v) is 4.46. The predicted octanol–water partition coefficient (Wildman–Crippen LogP) is 3.72. The summed E-state index contributed by atoms with van der Waals surface area (Å²) in [7, 11) is 0. The molecule has 2 aliphatic rings. The molecule has 1 heterocycles. The maximum Gasteiger partial charge on any atom is 0.251 e. The summed E-state index contributed by atoms with van der Waals surface area (Å²) < 4.78 is 0. The van der Waals surface area contributed by atoms with Crippen molar-refractivity contribution >= 4 is 16.8 Å². The van der Waals surface area contributed by atoms with Crippen LogP contribution in [-0.2, 0) is 0 Å². The van der Waals surface area contributed by atoms with Crippen molar-refractivity contribution in [1.29, 1.82) is 0 Å². The van der Waals surface area contributed by atoms with Crippen LogP contribution >= 0.6 is 0 Å². The monoisotopic (exact) mass is 282 g/mol. The molecule has 0 spiro atoms. The largest absolute Gasteiger partial charge is 0.361 e. The molecule has 0 aliphatic heterocycles. The summed E-state index contributed by atoms with van der Waals surface area (Å²) in [6.45, 7) is 0.850. The standard InChI is InChI=1S/C18H22N2O/c21-18(14-6-5-13-8-9-19-17(13)10-14)20-11-15-7-4-12-2-1-3-16(12)15/h5-6,8-10,12,15-16,19H,1-4,7,11H2,(H,20,21)/t12-,15+,16-/m0/s1. The summed E-state index contributed by atoms with van der Waals surface area (Å²) in [4.78, 5) is 15.5.